The summed E-state index contributed by atoms with van der Waals surface area (Å²) in [7, 11) is 0. The number of aromatic nitrogens is 2. The van der Waals surface area contributed by atoms with Crippen LogP contribution in [0.5, 0.6) is 0 Å². The zero-order chi connectivity index (χ0) is 20.7. The van der Waals surface area contributed by atoms with Crippen LogP contribution < -0.4 is 4.80 Å². The van der Waals surface area contributed by atoms with E-state index in [0.29, 0.717) is 27.4 Å². The Kier molecular flexibility index (Phi) is 4.74. The van der Waals surface area contributed by atoms with Gasteiger partial charge in [-0.25, -0.2) is 14.1 Å². The maximum absolute atomic E-state index is 14.5. The Bertz CT molecular complexity index is 1200. The van der Waals surface area contributed by atoms with Crippen molar-refractivity contribution in [3.63, 3.8) is 0 Å². The number of hydrogen-bond acceptors (Lipinski definition) is 4. The lowest BCUT2D eigenvalue weighted by atomic mass is 9.49. The number of benzene rings is 1. The molecule has 0 aliphatic heterocycles. The van der Waals surface area contributed by atoms with Crippen molar-refractivity contribution >= 4 is 23.2 Å². The molecule has 1 saturated carbocycles. The monoisotopic (exact) mass is 418 g/mol. The van der Waals surface area contributed by atoms with E-state index in [-0.39, 0.29) is 5.82 Å². The van der Waals surface area contributed by atoms with Gasteiger partial charge in [0.1, 0.15) is 5.82 Å². The summed E-state index contributed by atoms with van der Waals surface area (Å²) in [6.45, 7) is 4.69. The molecule has 0 saturated heterocycles. The zero-order valence-electron chi connectivity index (χ0n) is 17.0. The summed E-state index contributed by atoms with van der Waals surface area (Å²) in [4.78, 5) is 9.52. The quantitative estimate of drug-likeness (QED) is 0.493. The first kappa shape index (κ1) is 19.1. The van der Waals surface area contributed by atoms with Gasteiger partial charge in [-0.3, -0.25) is 4.98 Å². The molecule has 0 spiro atoms. The SMILES string of the molecule is CC1(C)C2CC=C(C=Nn3c(-c4ccccc4F)csc3=Nc3cccnc3)C1C2. The molecule has 152 valence electrons. The smallest absolute Gasteiger partial charge is 0.211 e. The van der Waals surface area contributed by atoms with Crippen molar-refractivity contribution in [3.8, 4) is 11.3 Å². The molecule has 3 aliphatic rings. The first-order valence-corrected chi connectivity index (χ1v) is 11.1. The third kappa shape index (κ3) is 3.25. The van der Waals surface area contributed by atoms with Gasteiger partial charge in [0, 0.05) is 17.1 Å². The highest BCUT2D eigenvalue weighted by molar-refractivity contribution is 7.07. The number of hydrogen-bond donors (Lipinski definition) is 0. The first-order chi connectivity index (χ1) is 14.5. The summed E-state index contributed by atoms with van der Waals surface area (Å²) in [6.07, 6.45) is 10.0. The predicted molar refractivity (Wildman–Crippen MR) is 119 cm³/mol. The number of nitrogens with zero attached hydrogens (tertiary/aromatic N) is 4. The van der Waals surface area contributed by atoms with Crippen molar-refractivity contribution in [2.45, 2.75) is 26.7 Å². The molecule has 3 aliphatic carbocycles. The lowest BCUT2D eigenvalue weighted by molar-refractivity contribution is -0.00126. The number of pyridine rings is 1. The van der Waals surface area contributed by atoms with Crippen LogP contribution >= 0.6 is 11.3 Å². The average Bonchev–Trinajstić information content (AvgIpc) is 3.15. The minimum absolute atomic E-state index is 0.271. The molecule has 30 heavy (non-hydrogen) atoms. The summed E-state index contributed by atoms with van der Waals surface area (Å²) >= 11 is 1.44. The van der Waals surface area contributed by atoms with Gasteiger partial charge in [0.2, 0.25) is 4.80 Å². The van der Waals surface area contributed by atoms with E-state index in [1.165, 1.54) is 29.4 Å². The fourth-order valence-electron chi connectivity index (χ4n) is 4.54. The van der Waals surface area contributed by atoms with Crippen LogP contribution in [-0.4, -0.2) is 15.9 Å². The van der Waals surface area contributed by atoms with Gasteiger partial charge in [-0.2, -0.15) is 5.10 Å². The molecule has 4 nitrogen and oxygen atoms in total. The number of rotatable bonds is 4. The zero-order valence-corrected chi connectivity index (χ0v) is 17.8. The highest BCUT2D eigenvalue weighted by Crippen LogP contribution is 2.58. The largest absolute Gasteiger partial charge is 0.262 e. The molecular weight excluding hydrogens is 395 g/mol. The third-order valence-corrected chi connectivity index (χ3v) is 7.36. The van der Waals surface area contributed by atoms with Crippen LogP contribution in [0.25, 0.3) is 11.3 Å². The van der Waals surface area contributed by atoms with Gasteiger partial charge in [0.05, 0.1) is 23.8 Å². The molecule has 2 heterocycles. The van der Waals surface area contributed by atoms with Gasteiger partial charge in [0.15, 0.2) is 0 Å². The summed E-state index contributed by atoms with van der Waals surface area (Å²) in [6, 6.07) is 10.5. The molecule has 0 amide bonds. The van der Waals surface area contributed by atoms with Crippen LogP contribution in [0.15, 0.2) is 75.9 Å². The van der Waals surface area contributed by atoms with Crippen molar-refractivity contribution in [1.29, 1.82) is 0 Å². The topological polar surface area (TPSA) is 42.5 Å². The molecule has 2 unspecified atom stereocenters. The Hall–Kier alpha value is -2.86. The Morgan fingerprint density at radius 2 is 2.10 bits per heavy atom. The number of allylic oxidation sites excluding steroid dienone is 2. The highest BCUT2D eigenvalue weighted by atomic mass is 32.1. The van der Waals surface area contributed by atoms with Crippen molar-refractivity contribution in [1.82, 2.24) is 9.66 Å². The van der Waals surface area contributed by atoms with E-state index in [1.54, 1.807) is 29.2 Å². The van der Waals surface area contributed by atoms with Crippen molar-refractivity contribution in [3.05, 3.63) is 76.4 Å². The number of thiazole rings is 1. The standard InChI is InChI=1S/C24H23FN4S/c1-24(2)17-10-9-16(20(24)12-17)13-27-29-22(19-7-3-4-8-21(19)25)15-30-23(29)28-18-6-5-11-26-14-18/h3-9,11,13-15,17,20H,10,12H2,1-2H3. The van der Waals surface area contributed by atoms with Gasteiger partial charge in [-0.15, -0.1) is 11.3 Å². The lowest BCUT2D eigenvalue weighted by Gasteiger charge is -2.55. The molecular formula is C24H23FN4S. The van der Waals surface area contributed by atoms with Crippen LogP contribution in [0.3, 0.4) is 0 Å². The average molecular weight is 419 g/mol. The minimum atomic E-state index is -0.271. The van der Waals surface area contributed by atoms with E-state index in [1.807, 2.05) is 29.8 Å². The molecule has 6 heteroatoms. The molecule has 0 radical (unpaired) electrons. The second kappa shape index (κ2) is 7.43. The molecule has 2 bridgehead atoms. The van der Waals surface area contributed by atoms with E-state index in [0.717, 1.165) is 18.0 Å². The van der Waals surface area contributed by atoms with Gasteiger partial charge in [0.25, 0.3) is 0 Å². The van der Waals surface area contributed by atoms with E-state index < -0.39 is 0 Å². The first-order valence-electron chi connectivity index (χ1n) is 10.2. The van der Waals surface area contributed by atoms with Crippen molar-refractivity contribution in [2.24, 2.45) is 27.3 Å². The Morgan fingerprint density at radius 1 is 1.23 bits per heavy atom. The van der Waals surface area contributed by atoms with Crippen molar-refractivity contribution in [2.75, 3.05) is 0 Å². The maximum Gasteiger partial charge on any atom is 0.211 e. The fourth-order valence-corrected chi connectivity index (χ4v) is 5.39. The number of halogens is 1. The normalized spacial score (nSPS) is 22.8. The van der Waals surface area contributed by atoms with Crippen LogP contribution in [-0.2, 0) is 0 Å². The molecule has 6 rings (SSSR count). The van der Waals surface area contributed by atoms with Crippen LogP contribution in [0.4, 0.5) is 10.1 Å². The van der Waals surface area contributed by atoms with E-state index >= 15 is 0 Å². The van der Waals surface area contributed by atoms with Crippen LogP contribution in [0.1, 0.15) is 26.7 Å². The second-order valence-corrected chi connectivity index (χ2v) is 9.35. The Balaban J connectivity index is 1.60. The summed E-state index contributed by atoms with van der Waals surface area (Å²) in [5.74, 6) is 1.04. The third-order valence-electron chi connectivity index (χ3n) is 6.54. The Morgan fingerprint density at radius 3 is 2.83 bits per heavy atom. The van der Waals surface area contributed by atoms with Crippen LogP contribution in [0, 0.1) is 23.1 Å². The van der Waals surface area contributed by atoms with E-state index in [4.69, 9.17) is 10.1 Å². The van der Waals surface area contributed by atoms with Gasteiger partial charge >= 0.3 is 0 Å². The van der Waals surface area contributed by atoms with Gasteiger partial charge in [-0.05, 0) is 59.9 Å². The Labute approximate surface area is 179 Å². The molecule has 2 atom stereocenters. The second-order valence-electron chi connectivity index (χ2n) is 8.51. The maximum atomic E-state index is 14.5. The molecule has 1 aromatic carbocycles. The summed E-state index contributed by atoms with van der Waals surface area (Å²) in [5.41, 5.74) is 3.54. The summed E-state index contributed by atoms with van der Waals surface area (Å²) in [5, 5.41) is 6.70. The number of fused-ring (bicyclic) bond motifs is 1. The molecule has 3 aromatic rings. The predicted octanol–water partition coefficient (Wildman–Crippen LogP) is 5.81. The van der Waals surface area contributed by atoms with Gasteiger partial charge in [-0.1, -0.05) is 32.1 Å². The van der Waals surface area contributed by atoms with E-state index in [9.17, 15) is 4.39 Å². The molecule has 1 fully saturated rings. The van der Waals surface area contributed by atoms with Gasteiger partial charge < -0.3 is 0 Å². The molecule has 2 aromatic heterocycles. The highest BCUT2D eigenvalue weighted by Gasteiger charge is 2.50. The van der Waals surface area contributed by atoms with Crippen LogP contribution in [0.2, 0.25) is 0 Å². The van der Waals surface area contributed by atoms with Crippen molar-refractivity contribution < 1.29 is 4.39 Å². The minimum Gasteiger partial charge on any atom is -0.262 e. The summed E-state index contributed by atoms with van der Waals surface area (Å²) < 4.78 is 16.3. The lowest BCUT2D eigenvalue weighted by Crippen LogP contribution is -2.48. The fraction of sp³-hybridized carbons (Fsp3) is 0.292. The van der Waals surface area contributed by atoms with E-state index in [2.05, 4.69) is 24.9 Å². The molecule has 0 N–H and O–H groups in total.